The molecule has 5 atom stereocenters. The van der Waals surface area contributed by atoms with Crippen LogP contribution in [0.3, 0.4) is 0 Å². The van der Waals surface area contributed by atoms with Gasteiger partial charge < -0.3 is 25.4 Å². The molecular weight excluding hydrogens is 232 g/mol. The number of carbonyl (C=O) groups excluding carboxylic acids is 1. The van der Waals surface area contributed by atoms with Gasteiger partial charge in [-0.3, -0.25) is 4.79 Å². The molecule has 0 aliphatic carbocycles. The fourth-order valence-electron chi connectivity index (χ4n) is 1.60. The lowest BCUT2D eigenvalue weighted by Gasteiger charge is -2.40. The minimum absolute atomic E-state index is 0.224. The first-order chi connectivity index (χ1) is 7.97. The van der Waals surface area contributed by atoms with E-state index in [0.717, 1.165) is 0 Å². The van der Waals surface area contributed by atoms with E-state index in [1.54, 1.807) is 0 Å². The van der Waals surface area contributed by atoms with Crippen molar-refractivity contribution in [2.45, 2.75) is 37.6 Å². The van der Waals surface area contributed by atoms with E-state index in [2.05, 4.69) is 15.3 Å². The van der Waals surface area contributed by atoms with E-state index in [-0.39, 0.29) is 6.54 Å². The van der Waals surface area contributed by atoms with Crippen molar-refractivity contribution in [3.63, 3.8) is 0 Å². The van der Waals surface area contributed by atoms with Crippen LogP contribution in [0, 0.1) is 0 Å². The number of amides is 1. The number of hydrogen-bond donors (Lipinski definition) is 4. The Hall–Kier alpha value is -1.38. The average molecular weight is 246 g/mol. The maximum absolute atomic E-state index is 10.8. The van der Waals surface area contributed by atoms with E-state index in [1.807, 2.05) is 0 Å². The topological polar surface area (TPSA) is 148 Å². The highest BCUT2D eigenvalue weighted by Gasteiger charge is 2.43. The number of carbonyl (C=O) groups is 1. The molecule has 9 nitrogen and oxygen atoms in total. The molecule has 1 unspecified atom stereocenters. The molecule has 1 aliphatic heterocycles. The molecule has 0 aromatic carbocycles. The summed E-state index contributed by atoms with van der Waals surface area (Å²) in [5.41, 5.74) is 8.13. The van der Waals surface area contributed by atoms with Crippen molar-refractivity contribution in [3.05, 3.63) is 10.4 Å². The third-order valence-electron chi connectivity index (χ3n) is 2.41. The van der Waals surface area contributed by atoms with Gasteiger partial charge in [0.25, 0.3) is 0 Å². The van der Waals surface area contributed by atoms with Crippen molar-refractivity contribution >= 4 is 5.91 Å². The lowest BCUT2D eigenvalue weighted by molar-refractivity contribution is -0.244. The highest BCUT2D eigenvalue weighted by Crippen LogP contribution is 2.20. The largest absolute Gasteiger partial charge is 0.388 e. The molecule has 96 valence electrons. The van der Waals surface area contributed by atoms with Gasteiger partial charge >= 0.3 is 0 Å². The molecule has 0 spiro atoms. The van der Waals surface area contributed by atoms with Crippen molar-refractivity contribution < 1.29 is 24.9 Å². The Morgan fingerprint density at radius 2 is 2.12 bits per heavy atom. The predicted octanol–water partition coefficient (Wildman–Crippen LogP) is -1.76. The third-order valence-corrected chi connectivity index (χ3v) is 2.41. The van der Waals surface area contributed by atoms with Gasteiger partial charge in [0.2, 0.25) is 5.91 Å². The first-order valence-electron chi connectivity index (χ1n) is 4.95. The summed E-state index contributed by atoms with van der Waals surface area (Å²) in [6.45, 7) is 0.983. The molecular formula is C8H14N4O5. The van der Waals surface area contributed by atoms with E-state index < -0.39 is 36.6 Å². The van der Waals surface area contributed by atoms with E-state index in [0.29, 0.717) is 0 Å². The van der Waals surface area contributed by atoms with Gasteiger partial charge in [-0.15, -0.1) is 0 Å². The number of aliphatic hydroxyl groups excluding tert-OH is 3. The standard InChI is InChI=1S/C8H14N4O5/c1-3(13)11-5-7(15)6(14)4(2-10-12-9)17-8(5)16/h4-8,14-16H,2H2,1H3,(H,11,13)/t4-,5-,6+,7-,8?/m1/s1. The summed E-state index contributed by atoms with van der Waals surface area (Å²) >= 11 is 0. The van der Waals surface area contributed by atoms with Crippen LogP contribution < -0.4 is 5.32 Å². The van der Waals surface area contributed by atoms with Crippen LogP contribution in [0.15, 0.2) is 5.11 Å². The zero-order chi connectivity index (χ0) is 13.0. The van der Waals surface area contributed by atoms with Crippen LogP contribution in [-0.2, 0) is 9.53 Å². The number of ether oxygens (including phenoxy) is 1. The molecule has 4 N–H and O–H groups in total. The molecule has 0 bridgehead atoms. The summed E-state index contributed by atoms with van der Waals surface area (Å²) < 4.78 is 4.95. The molecule has 1 heterocycles. The summed E-state index contributed by atoms with van der Waals surface area (Å²) in [6.07, 6.45) is -5.25. The Bertz CT molecular complexity index is 332. The molecule has 17 heavy (non-hydrogen) atoms. The number of nitrogens with one attached hydrogen (secondary N) is 1. The molecule has 0 saturated carbocycles. The fraction of sp³-hybridized carbons (Fsp3) is 0.875. The normalized spacial score (nSPS) is 37.1. The quantitative estimate of drug-likeness (QED) is 0.264. The first kappa shape index (κ1) is 13.7. The van der Waals surface area contributed by atoms with Crippen LogP contribution in [0.25, 0.3) is 10.4 Å². The van der Waals surface area contributed by atoms with Crippen LogP contribution >= 0.6 is 0 Å². The summed E-state index contributed by atoms with van der Waals surface area (Å²) in [5, 5.41) is 34.3. The van der Waals surface area contributed by atoms with Crippen LogP contribution in [0.2, 0.25) is 0 Å². The van der Waals surface area contributed by atoms with Crippen molar-refractivity contribution in [2.24, 2.45) is 5.11 Å². The van der Waals surface area contributed by atoms with Gasteiger partial charge in [-0.05, 0) is 5.53 Å². The summed E-state index contributed by atoms with van der Waals surface area (Å²) in [6, 6.07) is -1.12. The Labute approximate surface area is 96.6 Å². The van der Waals surface area contributed by atoms with Gasteiger partial charge in [0.15, 0.2) is 6.29 Å². The van der Waals surface area contributed by atoms with E-state index >= 15 is 0 Å². The summed E-state index contributed by atoms with van der Waals surface area (Å²) in [5.74, 6) is -0.475. The van der Waals surface area contributed by atoms with Crippen LogP contribution in [0.4, 0.5) is 0 Å². The number of nitrogens with zero attached hydrogens (tertiary/aromatic N) is 3. The van der Waals surface area contributed by atoms with Crippen molar-refractivity contribution in [1.29, 1.82) is 0 Å². The van der Waals surface area contributed by atoms with Crippen molar-refractivity contribution in [3.8, 4) is 0 Å². The molecule has 1 aliphatic rings. The van der Waals surface area contributed by atoms with Gasteiger partial charge in [-0.1, -0.05) is 5.11 Å². The Balaban J connectivity index is 2.71. The average Bonchev–Trinajstić information content (AvgIpc) is 2.27. The Morgan fingerprint density at radius 1 is 1.47 bits per heavy atom. The van der Waals surface area contributed by atoms with Gasteiger partial charge in [-0.25, -0.2) is 0 Å². The molecule has 0 radical (unpaired) electrons. The van der Waals surface area contributed by atoms with E-state index in [1.165, 1.54) is 6.92 Å². The second-order valence-electron chi connectivity index (χ2n) is 3.69. The molecule has 0 aromatic heterocycles. The van der Waals surface area contributed by atoms with Crippen molar-refractivity contribution in [1.82, 2.24) is 5.32 Å². The zero-order valence-electron chi connectivity index (χ0n) is 9.09. The van der Waals surface area contributed by atoms with Crippen LogP contribution in [0.5, 0.6) is 0 Å². The fourth-order valence-corrected chi connectivity index (χ4v) is 1.60. The highest BCUT2D eigenvalue weighted by atomic mass is 16.6. The first-order valence-corrected chi connectivity index (χ1v) is 4.95. The van der Waals surface area contributed by atoms with Gasteiger partial charge in [0.05, 0.1) is 12.6 Å². The second kappa shape index (κ2) is 5.80. The minimum Gasteiger partial charge on any atom is -0.388 e. The number of rotatable bonds is 3. The van der Waals surface area contributed by atoms with Crippen LogP contribution in [0.1, 0.15) is 6.92 Å². The van der Waals surface area contributed by atoms with E-state index in [9.17, 15) is 20.1 Å². The molecule has 0 aromatic rings. The maximum Gasteiger partial charge on any atom is 0.217 e. The van der Waals surface area contributed by atoms with Crippen LogP contribution in [-0.4, -0.2) is 58.4 Å². The number of aliphatic hydroxyl groups is 3. The molecule has 1 rings (SSSR count). The van der Waals surface area contributed by atoms with Gasteiger partial charge in [0, 0.05) is 11.8 Å². The smallest absolute Gasteiger partial charge is 0.217 e. The molecule has 1 amide bonds. The van der Waals surface area contributed by atoms with E-state index in [4.69, 9.17) is 10.3 Å². The highest BCUT2D eigenvalue weighted by molar-refractivity contribution is 5.73. The summed E-state index contributed by atoms with van der Waals surface area (Å²) in [4.78, 5) is 13.3. The summed E-state index contributed by atoms with van der Waals surface area (Å²) in [7, 11) is 0. The zero-order valence-corrected chi connectivity index (χ0v) is 9.09. The molecule has 1 saturated heterocycles. The molecule has 1 fully saturated rings. The third kappa shape index (κ3) is 3.29. The monoisotopic (exact) mass is 246 g/mol. The second-order valence-corrected chi connectivity index (χ2v) is 3.69. The number of hydrogen-bond acceptors (Lipinski definition) is 6. The lowest BCUT2D eigenvalue weighted by Crippen LogP contribution is -2.63. The van der Waals surface area contributed by atoms with Gasteiger partial charge in [0.1, 0.15) is 18.2 Å². The molecule has 9 heteroatoms. The number of azide groups is 1. The Kier molecular flexibility index (Phi) is 4.67. The maximum atomic E-state index is 10.8. The Morgan fingerprint density at radius 3 is 2.65 bits per heavy atom. The predicted molar refractivity (Wildman–Crippen MR) is 54.5 cm³/mol. The van der Waals surface area contributed by atoms with Gasteiger partial charge in [-0.2, -0.15) is 0 Å². The lowest BCUT2D eigenvalue weighted by atomic mass is 9.97. The SMILES string of the molecule is CC(=O)N[C@H]1C(O)O[C@H](CN=[N+]=[N-])[C@H](O)[C@@H]1O. The van der Waals surface area contributed by atoms with Crippen molar-refractivity contribution in [2.75, 3.05) is 6.54 Å². The minimum atomic E-state index is -1.48.